The lowest BCUT2D eigenvalue weighted by atomic mass is 10.1. The number of nitrogens with zero attached hydrogens (tertiary/aromatic N) is 1. The van der Waals surface area contributed by atoms with Gasteiger partial charge in [0, 0.05) is 12.2 Å². The molecule has 0 amide bonds. The normalized spacial score (nSPS) is 11.9. The van der Waals surface area contributed by atoms with Gasteiger partial charge in [0.1, 0.15) is 5.75 Å². The average molecular weight is 358 g/mol. The number of likely N-dealkylation sites (N-methyl/N-ethyl adjacent to an activating group) is 1. The molecule has 25 heavy (non-hydrogen) atoms. The topological polar surface area (TPSA) is 36.5 Å². The van der Waals surface area contributed by atoms with Crippen LogP contribution in [0.3, 0.4) is 0 Å². The van der Waals surface area contributed by atoms with Gasteiger partial charge in [0.25, 0.3) is 0 Å². The predicted octanol–water partition coefficient (Wildman–Crippen LogP) is 3.90. The van der Waals surface area contributed by atoms with Crippen molar-refractivity contribution in [3.8, 4) is 5.75 Å². The fourth-order valence-electron chi connectivity index (χ4n) is 2.69. The van der Waals surface area contributed by atoms with Crippen LogP contribution in [0, 0.1) is 13.8 Å². The molecule has 134 valence electrons. The van der Waals surface area contributed by atoms with Crippen LogP contribution in [0.4, 0.5) is 5.69 Å². The minimum Gasteiger partial charge on any atom is -0.497 e. The summed E-state index contributed by atoms with van der Waals surface area (Å²) in [7, 11) is 5.81. The zero-order valence-electron chi connectivity index (χ0n) is 15.6. The van der Waals surface area contributed by atoms with Gasteiger partial charge < -0.3 is 20.3 Å². The molecule has 0 saturated carbocycles. The maximum Gasteiger partial charge on any atom is 0.170 e. The van der Waals surface area contributed by atoms with Crippen molar-refractivity contribution < 1.29 is 4.74 Å². The molecule has 0 aromatic heterocycles. The molecular weight excluding hydrogens is 330 g/mol. The van der Waals surface area contributed by atoms with E-state index >= 15 is 0 Å². The number of nitrogens with one attached hydrogen (secondary N) is 2. The van der Waals surface area contributed by atoms with Crippen LogP contribution in [0.5, 0.6) is 5.75 Å². The number of aryl methyl sites for hydroxylation is 1. The lowest BCUT2D eigenvalue weighted by molar-refractivity contribution is 0.298. The number of benzene rings is 2. The Kier molecular flexibility index (Phi) is 6.79. The van der Waals surface area contributed by atoms with Gasteiger partial charge >= 0.3 is 0 Å². The molecule has 0 aliphatic carbocycles. The molecule has 0 fully saturated rings. The van der Waals surface area contributed by atoms with Crippen LogP contribution in [0.2, 0.25) is 0 Å². The van der Waals surface area contributed by atoms with Crippen molar-refractivity contribution in [1.29, 1.82) is 0 Å². The first-order chi connectivity index (χ1) is 11.9. The fourth-order valence-corrected chi connectivity index (χ4v) is 2.88. The maximum absolute atomic E-state index is 5.48. The first kappa shape index (κ1) is 19.2. The molecule has 0 aliphatic heterocycles. The second-order valence-corrected chi connectivity index (χ2v) is 6.75. The summed E-state index contributed by atoms with van der Waals surface area (Å²) in [6.45, 7) is 4.90. The summed E-state index contributed by atoms with van der Waals surface area (Å²) in [5, 5.41) is 7.26. The third-order valence-corrected chi connectivity index (χ3v) is 4.66. The molecule has 2 aromatic carbocycles. The van der Waals surface area contributed by atoms with E-state index in [4.69, 9.17) is 17.0 Å². The molecule has 0 unspecified atom stereocenters. The molecule has 2 rings (SSSR count). The monoisotopic (exact) mass is 357 g/mol. The first-order valence-electron chi connectivity index (χ1n) is 8.33. The molecule has 0 radical (unpaired) electrons. The number of methoxy groups -OCH3 is 1. The second-order valence-electron chi connectivity index (χ2n) is 6.34. The van der Waals surface area contributed by atoms with E-state index in [9.17, 15) is 0 Å². The van der Waals surface area contributed by atoms with E-state index in [1.807, 2.05) is 24.3 Å². The molecule has 0 aliphatic rings. The van der Waals surface area contributed by atoms with Gasteiger partial charge in [-0.1, -0.05) is 24.3 Å². The van der Waals surface area contributed by atoms with E-state index in [2.05, 4.69) is 61.7 Å². The van der Waals surface area contributed by atoms with Gasteiger partial charge in [-0.3, -0.25) is 0 Å². The Morgan fingerprint density at radius 1 is 1.16 bits per heavy atom. The molecule has 5 heteroatoms. The lowest BCUT2D eigenvalue weighted by Crippen LogP contribution is -2.36. The number of rotatable bonds is 6. The largest absolute Gasteiger partial charge is 0.497 e. The standard InChI is InChI=1S/C20H27N3OS/c1-14-8-6-11-18(15(14)2)22-20(25)21-13-19(23(3)4)16-9-7-10-17(12-16)24-5/h6-12,19H,13H2,1-5H3,(H2,21,22,25)/t19-/m0/s1. The third-order valence-electron chi connectivity index (χ3n) is 4.41. The number of anilines is 1. The van der Waals surface area contributed by atoms with E-state index < -0.39 is 0 Å². The quantitative estimate of drug-likeness (QED) is 0.767. The van der Waals surface area contributed by atoms with Crippen LogP contribution >= 0.6 is 12.2 Å². The smallest absolute Gasteiger partial charge is 0.170 e. The number of thiocarbonyl (C=S) groups is 1. The van der Waals surface area contributed by atoms with E-state index in [1.54, 1.807) is 7.11 Å². The summed E-state index contributed by atoms with van der Waals surface area (Å²) in [6.07, 6.45) is 0. The number of hydrogen-bond acceptors (Lipinski definition) is 3. The molecular formula is C20H27N3OS. The first-order valence-corrected chi connectivity index (χ1v) is 8.74. The van der Waals surface area contributed by atoms with E-state index in [1.165, 1.54) is 16.7 Å². The van der Waals surface area contributed by atoms with Crippen LogP contribution in [0.1, 0.15) is 22.7 Å². The molecule has 0 saturated heterocycles. The Morgan fingerprint density at radius 3 is 2.56 bits per heavy atom. The minimum absolute atomic E-state index is 0.188. The Hall–Kier alpha value is -2.11. The van der Waals surface area contributed by atoms with Crippen molar-refractivity contribution >= 4 is 23.0 Å². The second kappa shape index (κ2) is 8.83. The fraction of sp³-hybridized carbons (Fsp3) is 0.350. The van der Waals surface area contributed by atoms with Gasteiger partial charge in [-0.05, 0) is 75.1 Å². The molecule has 0 spiro atoms. The highest BCUT2D eigenvalue weighted by molar-refractivity contribution is 7.80. The Labute approximate surface area is 156 Å². The highest BCUT2D eigenvalue weighted by Crippen LogP contribution is 2.22. The van der Waals surface area contributed by atoms with Gasteiger partial charge in [-0.2, -0.15) is 0 Å². The summed E-state index contributed by atoms with van der Waals surface area (Å²) >= 11 is 5.48. The zero-order chi connectivity index (χ0) is 18.4. The van der Waals surface area contributed by atoms with E-state index in [-0.39, 0.29) is 6.04 Å². The Bertz CT molecular complexity index is 731. The van der Waals surface area contributed by atoms with Gasteiger partial charge in [0.15, 0.2) is 5.11 Å². The third kappa shape index (κ3) is 5.18. The SMILES string of the molecule is COc1cccc([C@H](CNC(=S)Nc2cccc(C)c2C)N(C)C)c1. The predicted molar refractivity (Wildman–Crippen MR) is 110 cm³/mol. The maximum atomic E-state index is 5.48. The molecule has 1 atom stereocenters. The van der Waals surface area contributed by atoms with Crippen LogP contribution < -0.4 is 15.4 Å². The Balaban J connectivity index is 2.03. The van der Waals surface area contributed by atoms with Crippen molar-refractivity contribution in [2.45, 2.75) is 19.9 Å². The highest BCUT2D eigenvalue weighted by Gasteiger charge is 2.15. The minimum atomic E-state index is 0.188. The average Bonchev–Trinajstić information content (AvgIpc) is 2.59. The highest BCUT2D eigenvalue weighted by atomic mass is 32.1. The van der Waals surface area contributed by atoms with Crippen LogP contribution in [0.25, 0.3) is 0 Å². The molecule has 4 nitrogen and oxygen atoms in total. The molecule has 0 bridgehead atoms. The van der Waals surface area contributed by atoms with Crippen LogP contribution in [0.15, 0.2) is 42.5 Å². The van der Waals surface area contributed by atoms with Crippen molar-refractivity contribution in [3.63, 3.8) is 0 Å². The zero-order valence-corrected chi connectivity index (χ0v) is 16.4. The van der Waals surface area contributed by atoms with Crippen molar-refractivity contribution in [3.05, 3.63) is 59.2 Å². The van der Waals surface area contributed by atoms with Crippen LogP contribution in [-0.2, 0) is 0 Å². The summed E-state index contributed by atoms with van der Waals surface area (Å²) in [6, 6.07) is 14.5. The van der Waals surface area contributed by atoms with Gasteiger partial charge in [0.2, 0.25) is 0 Å². The molecule has 2 N–H and O–H groups in total. The Morgan fingerprint density at radius 2 is 1.88 bits per heavy atom. The summed E-state index contributed by atoms with van der Waals surface area (Å²) in [4.78, 5) is 2.17. The van der Waals surface area contributed by atoms with Gasteiger partial charge in [0.05, 0.1) is 13.2 Å². The van der Waals surface area contributed by atoms with Gasteiger partial charge in [-0.25, -0.2) is 0 Å². The van der Waals surface area contributed by atoms with Crippen molar-refractivity contribution in [2.24, 2.45) is 0 Å². The van der Waals surface area contributed by atoms with Gasteiger partial charge in [-0.15, -0.1) is 0 Å². The van der Waals surface area contributed by atoms with E-state index in [0.717, 1.165) is 11.4 Å². The van der Waals surface area contributed by atoms with E-state index in [0.29, 0.717) is 11.7 Å². The summed E-state index contributed by atoms with van der Waals surface area (Å²) in [5.74, 6) is 0.862. The lowest BCUT2D eigenvalue weighted by Gasteiger charge is -2.26. The molecule has 0 heterocycles. The van der Waals surface area contributed by atoms with Crippen molar-refractivity contribution in [1.82, 2.24) is 10.2 Å². The van der Waals surface area contributed by atoms with Crippen LogP contribution in [-0.4, -0.2) is 37.8 Å². The number of hydrogen-bond donors (Lipinski definition) is 2. The number of ether oxygens (including phenoxy) is 1. The van der Waals surface area contributed by atoms with Crippen molar-refractivity contribution in [2.75, 3.05) is 33.1 Å². The summed E-state index contributed by atoms with van der Waals surface area (Å²) < 4.78 is 5.34. The molecule has 2 aromatic rings. The summed E-state index contributed by atoms with van der Waals surface area (Å²) in [5.41, 5.74) is 4.69.